The highest BCUT2D eigenvalue weighted by molar-refractivity contribution is 7.99. The Morgan fingerprint density at radius 3 is 3.04 bits per heavy atom. The van der Waals surface area contributed by atoms with E-state index in [0.29, 0.717) is 23.3 Å². The van der Waals surface area contributed by atoms with Crippen LogP contribution in [0.15, 0.2) is 46.9 Å². The molecule has 3 heterocycles. The number of tetrazole rings is 1. The van der Waals surface area contributed by atoms with Crippen molar-refractivity contribution in [3.05, 3.63) is 46.7 Å². The Labute approximate surface area is 171 Å². The van der Waals surface area contributed by atoms with Gasteiger partial charge in [-0.05, 0) is 53.8 Å². The lowest BCUT2D eigenvalue weighted by molar-refractivity contribution is -0.129. The zero-order valence-corrected chi connectivity index (χ0v) is 17.2. The maximum absolute atomic E-state index is 12.9. The van der Waals surface area contributed by atoms with Gasteiger partial charge in [0.05, 0.1) is 18.4 Å². The van der Waals surface area contributed by atoms with Crippen LogP contribution in [0.3, 0.4) is 0 Å². The van der Waals surface area contributed by atoms with Crippen LogP contribution >= 0.6 is 23.1 Å². The number of benzene rings is 1. The molecule has 1 unspecified atom stereocenters. The molecule has 3 aromatic rings. The van der Waals surface area contributed by atoms with E-state index in [2.05, 4.69) is 27.0 Å². The fourth-order valence-electron chi connectivity index (χ4n) is 3.38. The average Bonchev–Trinajstić information content (AvgIpc) is 3.47. The lowest BCUT2D eigenvalue weighted by atomic mass is 10.2. The Balaban J connectivity index is 1.47. The molecule has 7 nitrogen and oxygen atoms in total. The predicted octanol–water partition coefficient (Wildman–Crippen LogP) is 3.58. The van der Waals surface area contributed by atoms with Crippen molar-refractivity contribution in [1.29, 1.82) is 0 Å². The van der Waals surface area contributed by atoms with E-state index >= 15 is 0 Å². The van der Waals surface area contributed by atoms with Crippen LogP contribution < -0.4 is 4.74 Å². The number of carbonyl (C=O) groups is 1. The third-order valence-corrected chi connectivity index (χ3v) is 6.48. The summed E-state index contributed by atoms with van der Waals surface area (Å²) in [6, 6.07) is 12.0. The average molecular weight is 416 g/mol. The van der Waals surface area contributed by atoms with Crippen molar-refractivity contribution in [2.75, 3.05) is 18.9 Å². The highest BCUT2D eigenvalue weighted by Crippen LogP contribution is 2.35. The Morgan fingerprint density at radius 2 is 2.21 bits per heavy atom. The molecule has 0 spiro atoms. The minimum absolute atomic E-state index is 0.119. The highest BCUT2D eigenvalue weighted by atomic mass is 32.2. The van der Waals surface area contributed by atoms with Gasteiger partial charge in [-0.1, -0.05) is 30.0 Å². The minimum atomic E-state index is 0.119. The molecule has 1 aliphatic rings. The van der Waals surface area contributed by atoms with Gasteiger partial charge in [0, 0.05) is 11.4 Å². The minimum Gasteiger partial charge on any atom is -0.492 e. The molecule has 1 saturated heterocycles. The van der Waals surface area contributed by atoms with E-state index in [1.54, 1.807) is 16.0 Å². The predicted molar refractivity (Wildman–Crippen MR) is 109 cm³/mol. The first kappa shape index (κ1) is 18.9. The van der Waals surface area contributed by atoms with Gasteiger partial charge in [0.25, 0.3) is 0 Å². The van der Waals surface area contributed by atoms with Crippen molar-refractivity contribution in [3.63, 3.8) is 0 Å². The van der Waals surface area contributed by atoms with E-state index in [1.807, 2.05) is 42.2 Å². The SMILES string of the molecule is CCOc1ccccc1-n1nnnc1SCC(=O)N1CCCC1c1cccs1. The fourth-order valence-corrected chi connectivity index (χ4v) is 5.02. The third kappa shape index (κ3) is 3.90. The molecule has 4 rings (SSSR count). The summed E-state index contributed by atoms with van der Waals surface area (Å²) < 4.78 is 7.31. The monoisotopic (exact) mass is 415 g/mol. The number of ether oxygens (including phenoxy) is 1. The van der Waals surface area contributed by atoms with Crippen LogP contribution in [0, 0.1) is 0 Å². The van der Waals surface area contributed by atoms with Crippen molar-refractivity contribution < 1.29 is 9.53 Å². The number of carbonyl (C=O) groups excluding carboxylic acids is 1. The first-order chi connectivity index (χ1) is 13.8. The van der Waals surface area contributed by atoms with Crippen molar-refractivity contribution in [3.8, 4) is 11.4 Å². The van der Waals surface area contributed by atoms with E-state index in [9.17, 15) is 4.79 Å². The van der Waals surface area contributed by atoms with Gasteiger partial charge in [-0.25, -0.2) is 0 Å². The van der Waals surface area contributed by atoms with Crippen LogP contribution in [0.1, 0.15) is 30.7 Å². The summed E-state index contributed by atoms with van der Waals surface area (Å²) in [6.45, 7) is 3.30. The van der Waals surface area contributed by atoms with Crippen LogP contribution in [0.5, 0.6) is 5.75 Å². The van der Waals surface area contributed by atoms with Gasteiger partial charge in [0.2, 0.25) is 11.1 Å². The van der Waals surface area contributed by atoms with Gasteiger partial charge >= 0.3 is 0 Å². The third-order valence-electron chi connectivity index (χ3n) is 4.60. The second kappa shape index (κ2) is 8.74. The molecule has 0 saturated carbocycles. The molecule has 0 N–H and O–H groups in total. The van der Waals surface area contributed by atoms with Gasteiger partial charge in [-0.2, -0.15) is 4.68 Å². The number of thiophene rings is 1. The normalized spacial score (nSPS) is 16.5. The molecule has 9 heteroatoms. The lowest BCUT2D eigenvalue weighted by Crippen LogP contribution is -2.31. The number of thioether (sulfide) groups is 1. The van der Waals surface area contributed by atoms with Crippen molar-refractivity contribution >= 4 is 29.0 Å². The van der Waals surface area contributed by atoms with Crippen LogP contribution in [-0.2, 0) is 4.79 Å². The molecule has 28 heavy (non-hydrogen) atoms. The fraction of sp³-hybridized carbons (Fsp3) is 0.368. The summed E-state index contributed by atoms with van der Waals surface area (Å²) in [4.78, 5) is 16.1. The van der Waals surface area contributed by atoms with Crippen molar-refractivity contribution in [2.24, 2.45) is 0 Å². The Morgan fingerprint density at radius 1 is 1.32 bits per heavy atom. The topological polar surface area (TPSA) is 73.1 Å². The first-order valence-electron chi connectivity index (χ1n) is 9.24. The smallest absolute Gasteiger partial charge is 0.233 e. The quantitative estimate of drug-likeness (QED) is 0.549. The molecular formula is C19H21N5O2S2. The molecule has 1 amide bonds. The molecule has 2 aromatic heterocycles. The summed E-state index contributed by atoms with van der Waals surface area (Å²) in [6.07, 6.45) is 2.06. The van der Waals surface area contributed by atoms with Gasteiger partial charge in [-0.15, -0.1) is 16.4 Å². The van der Waals surface area contributed by atoms with Gasteiger partial charge in [0.1, 0.15) is 11.4 Å². The number of amides is 1. The number of nitrogens with zero attached hydrogens (tertiary/aromatic N) is 5. The molecule has 1 aromatic carbocycles. The van der Waals surface area contributed by atoms with E-state index in [1.165, 1.54) is 16.6 Å². The summed E-state index contributed by atoms with van der Waals surface area (Å²) >= 11 is 3.07. The number of likely N-dealkylation sites (tertiary alicyclic amines) is 1. The summed E-state index contributed by atoms with van der Waals surface area (Å²) in [5.74, 6) is 1.13. The second-order valence-corrected chi connectivity index (χ2v) is 8.25. The molecule has 146 valence electrons. The molecule has 1 atom stereocenters. The zero-order chi connectivity index (χ0) is 19.3. The van der Waals surface area contributed by atoms with Gasteiger partial charge < -0.3 is 9.64 Å². The molecular weight excluding hydrogens is 394 g/mol. The molecule has 0 radical (unpaired) electrons. The van der Waals surface area contributed by atoms with Crippen LogP contribution in [0.2, 0.25) is 0 Å². The maximum Gasteiger partial charge on any atom is 0.233 e. The van der Waals surface area contributed by atoms with Gasteiger partial charge in [0.15, 0.2) is 0 Å². The Hall–Kier alpha value is -2.39. The zero-order valence-electron chi connectivity index (χ0n) is 15.5. The number of para-hydroxylation sites is 2. The highest BCUT2D eigenvalue weighted by Gasteiger charge is 2.30. The standard InChI is InChI=1S/C19H21N5O2S2/c1-2-26-16-9-4-3-7-14(16)24-19(20-21-22-24)28-13-18(25)23-11-5-8-15(23)17-10-6-12-27-17/h3-4,6-7,9-10,12,15H,2,5,8,11,13H2,1H3. The summed E-state index contributed by atoms with van der Waals surface area (Å²) in [5, 5.41) is 14.6. The number of hydrogen-bond acceptors (Lipinski definition) is 7. The summed E-state index contributed by atoms with van der Waals surface area (Å²) in [7, 11) is 0. The first-order valence-corrected chi connectivity index (χ1v) is 11.1. The molecule has 0 bridgehead atoms. The van der Waals surface area contributed by atoms with Gasteiger partial charge in [-0.3, -0.25) is 4.79 Å². The van der Waals surface area contributed by atoms with Crippen molar-refractivity contribution in [2.45, 2.75) is 31.0 Å². The maximum atomic E-state index is 12.9. The van der Waals surface area contributed by atoms with E-state index in [-0.39, 0.29) is 11.9 Å². The largest absolute Gasteiger partial charge is 0.492 e. The number of rotatable bonds is 7. The number of aromatic nitrogens is 4. The number of hydrogen-bond donors (Lipinski definition) is 0. The van der Waals surface area contributed by atoms with E-state index < -0.39 is 0 Å². The van der Waals surface area contributed by atoms with E-state index in [0.717, 1.165) is 25.1 Å². The molecule has 1 fully saturated rings. The van der Waals surface area contributed by atoms with Crippen LogP contribution in [-0.4, -0.2) is 49.9 Å². The van der Waals surface area contributed by atoms with Crippen LogP contribution in [0.25, 0.3) is 5.69 Å². The van der Waals surface area contributed by atoms with E-state index in [4.69, 9.17) is 4.74 Å². The second-order valence-electron chi connectivity index (χ2n) is 6.32. The molecule has 0 aliphatic carbocycles. The Bertz CT molecular complexity index is 928. The Kier molecular flexibility index (Phi) is 5.92. The molecule has 1 aliphatic heterocycles. The summed E-state index contributed by atoms with van der Waals surface area (Å²) in [5.41, 5.74) is 0.766. The lowest BCUT2D eigenvalue weighted by Gasteiger charge is -2.23. The van der Waals surface area contributed by atoms with Crippen molar-refractivity contribution in [1.82, 2.24) is 25.1 Å². The van der Waals surface area contributed by atoms with Crippen LogP contribution in [0.4, 0.5) is 0 Å².